The summed E-state index contributed by atoms with van der Waals surface area (Å²) in [4.78, 5) is 0. The summed E-state index contributed by atoms with van der Waals surface area (Å²) >= 11 is 0. The number of benzene rings is 1. The van der Waals surface area contributed by atoms with Gasteiger partial charge in [-0.25, -0.2) is 4.39 Å². The SMILES string of the molecule is CCCCCOC(CNC)c1cccc(F)c1. The van der Waals surface area contributed by atoms with Crippen molar-refractivity contribution in [1.82, 2.24) is 5.32 Å². The molecule has 1 unspecified atom stereocenters. The lowest BCUT2D eigenvalue weighted by atomic mass is 10.1. The number of unbranched alkanes of at least 4 members (excludes halogenated alkanes) is 2. The minimum absolute atomic E-state index is 0.0624. The highest BCUT2D eigenvalue weighted by atomic mass is 19.1. The van der Waals surface area contributed by atoms with Crippen LogP contribution in [0.25, 0.3) is 0 Å². The largest absolute Gasteiger partial charge is 0.372 e. The zero-order valence-electron chi connectivity index (χ0n) is 10.7. The van der Waals surface area contributed by atoms with Crippen molar-refractivity contribution in [3.63, 3.8) is 0 Å². The molecule has 0 amide bonds. The minimum Gasteiger partial charge on any atom is -0.372 e. The summed E-state index contributed by atoms with van der Waals surface area (Å²) in [6, 6.07) is 6.63. The van der Waals surface area contributed by atoms with Gasteiger partial charge >= 0.3 is 0 Å². The molecule has 0 fully saturated rings. The number of hydrogen-bond donors (Lipinski definition) is 1. The average molecular weight is 239 g/mol. The lowest BCUT2D eigenvalue weighted by Crippen LogP contribution is -2.20. The van der Waals surface area contributed by atoms with Crippen molar-refractivity contribution in [2.24, 2.45) is 0 Å². The molecule has 1 aromatic carbocycles. The van der Waals surface area contributed by atoms with Crippen LogP contribution in [0.2, 0.25) is 0 Å². The van der Waals surface area contributed by atoms with Gasteiger partial charge in [0.25, 0.3) is 0 Å². The van der Waals surface area contributed by atoms with E-state index < -0.39 is 0 Å². The number of rotatable bonds is 8. The number of nitrogens with one attached hydrogen (secondary N) is 1. The van der Waals surface area contributed by atoms with E-state index in [9.17, 15) is 4.39 Å². The van der Waals surface area contributed by atoms with Gasteiger partial charge in [0.05, 0.1) is 6.10 Å². The highest BCUT2D eigenvalue weighted by molar-refractivity contribution is 5.19. The van der Waals surface area contributed by atoms with E-state index in [1.54, 1.807) is 12.1 Å². The van der Waals surface area contributed by atoms with Crippen LogP contribution in [0.5, 0.6) is 0 Å². The van der Waals surface area contributed by atoms with E-state index >= 15 is 0 Å². The Bertz CT molecular complexity index is 317. The number of ether oxygens (including phenoxy) is 1. The first-order valence-electron chi connectivity index (χ1n) is 6.29. The molecule has 0 radical (unpaired) electrons. The van der Waals surface area contributed by atoms with Gasteiger partial charge in [0.2, 0.25) is 0 Å². The van der Waals surface area contributed by atoms with Crippen LogP contribution in [-0.2, 0) is 4.74 Å². The monoisotopic (exact) mass is 239 g/mol. The lowest BCUT2D eigenvalue weighted by molar-refractivity contribution is 0.0511. The predicted octanol–water partition coefficient (Wildman–Crippen LogP) is 3.29. The Balaban J connectivity index is 2.52. The number of likely N-dealkylation sites (N-methyl/N-ethyl adjacent to an activating group) is 1. The fraction of sp³-hybridized carbons (Fsp3) is 0.571. The summed E-state index contributed by atoms with van der Waals surface area (Å²) in [6.07, 6.45) is 3.36. The van der Waals surface area contributed by atoms with Gasteiger partial charge in [-0.3, -0.25) is 0 Å². The van der Waals surface area contributed by atoms with Gasteiger partial charge in [-0.15, -0.1) is 0 Å². The highest BCUT2D eigenvalue weighted by Crippen LogP contribution is 2.18. The Hall–Kier alpha value is -0.930. The summed E-state index contributed by atoms with van der Waals surface area (Å²) in [6.45, 7) is 3.60. The summed E-state index contributed by atoms with van der Waals surface area (Å²) in [7, 11) is 1.88. The van der Waals surface area contributed by atoms with Gasteiger partial charge < -0.3 is 10.1 Å². The third-order valence-electron chi connectivity index (χ3n) is 2.68. The molecule has 17 heavy (non-hydrogen) atoms. The van der Waals surface area contributed by atoms with E-state index in [1.807, 2.05) is 13.1 Å². The third-order valence-corrected chi connectivity index (χ3v) is 2.68. The van der Waals surface area contributed by atoms with E-state index in [0.717, 1.165) is 18.6 Å². The van der Waals surface area contributed by atoms with Crippen LogP contribution in [0.1, 0.15) is 37.9 Å². The molecule has 3 heteroatoms. The van der Waals surface area contributed by atoms with Gasteiger partial charge in [-0.1, -0.05) is 31.9 Å². The Labute approximate surface area is 103 Å². The van der Waals surface area contributed by atoms with Gasteiger partial charge in [0.15, 0.2) is 0 Å². The number of halogens is 1. The Morgan fingerprint density at radius 1 is 1.35 bits per heavy atom. The van der Waals surface area contributed by atoms with Crippen LogP contribution >= 0.6 is 0 Å². The first-order chi connectivity index (χ1) is 8.27. The zero-order chi connectivity index (χ0) is 12.5. The van der Waals surface area contributed by atoms with Crippen LogP contribution in [0.3, 0.4) is 0 Å². The normalized spacial score (nSPS) is 12.6. The van der Waals surface area contributed by atoms with Crippen molar-refractivity contribution >= 4 is 0 Å². The minimum atomic E-state index is -0.208. The van der Waals surface area contributed by atoms with Gasteiger partial charge in [-0.05, 0) is 31.2 Å². The summed E-state index contributed by atoms with van der Waals surface area (Å²) in [5.74, 6) is -0.208. The average Bonchev–Trinajstić information content (AvgIpc) is 2.33. The quantitative estimate of drug-likeness (QED) is 0.703. The molecule has 0 spiro atoms. The Kier molecular flexibility index (Phi) is 6.82. The molecule has 0 bridgehead atoms. The molecular weight excluding hydrogens is 217 g/mol. The summed E-state index contributed by atoms with van der Waals surface area (Å²) in [5, 5.41) is 3.08. The number of hydrogen-bond acceptors (Lipinski definition) is 2. The standard InChI is InChI=1S/C14H22FNO/c1-3-4-5-9-17-14(11-16-2)12-7-6-8-13(15)10-12/h6-8,10,14,16H,3-5,9,11H2,1-2H3. The molecule has 0 aliphatic carbocycles. The third kappa shape index (κ3) is 5.29. The maximum atomic E-state index is 13.1. The fourth-order valence-electron chi connectivity index (χ4n) is 1.74. The molecule has 1 N–H and O–H groups in total. The summed E-state index contributed by atoms with van der Waals surface area (Å²) in [5.41, 5.74) is 0.899. The molecule has 2 nitrogen and oxygen atoms in total. The lowest BCUT2D eigenvalue weighted by Gasteiger charge is -2.18. The molecule has 1 atom stereocenters. The first kappa shape index (κ1) is 14.1. The van der Waals surface area contributed by atoms with Crippen LogP contribution < -0.4 is 5.32 Å². The second-order valence-corrected chi connectivity index (χ2v) is 4.18. The first-order valence-corrected chi connectivity index (χ1v) is 6.29. The second kappa shape index (κ2) is 8.20. The fourth-order valence-corrected chi connectivity index (χ4v) is 1.74. The van der Waals surface area contributed by atoms with Crippen molar-refractivity contribution in [3.8, 4) is 0 Å². The second-order valence-electron chi connectivity index (χ2n) is 4.18. The van der Waals surface area contributed by atoms with Crippen molar-refractivity contribution in [2.75, 3.05) is 20.2 Å². The molecule has 0 heterocycles. The maximum absolute atomic E-state index is 13.1. The molecule has 1 aromatic rings. The van der Waals surface area contributed by atoms with Gasteiger partial charge in [0.1, 0.15) is 5.82 Å². The van der Waals surface area contributed by atoms with Crippen LogP contribution in [0.4, 0.5) is 4.39 Å². The molecule has 0 saturated carbocycles. The highest BCUT2D eigenvalue weighted by Gasteiger charge is 2.11. The molecule has 0 aliphatic rings. The smallest absolute Gasteiger partial charge is 0.123 e. The molecule has 0 aromatic heterocycles. The van der Waals surface area contributed by atoms with Crippen molar-refractivity contribution in [3.05, 3.63) is 35.6 Å². The summed E-state index contributed by atoms with van der Waals surface area (Å²) < 4.78 is 18.9. The zero-order valence-corrected chi connectivity index (χ0v) is 10.7. The topological polar surface area (TPSA) is 21.3 Å². The van der Waals surface area contributed by atoms with E-state index in [4.69, 9.17) is 4.74 Å². The van der Waals surface area contributed by atoms with Crippen LogP contribution in [0, 0.1) is 5.82 Å². The van der Waals surface area contributed by atoms with Crippen LogP contribution in [0.15, 0.2) is 24.3 Å². The van der Waals surface area contributed by atoms with E-state index in [2.05, 4.69) is 12.2 Å². The van der Waals surface area contributed by atoms with Gasteiger partial charge in [-0.2, -0.15) is 0 Å². The molecular formula is C14H22FNO. The Morgan fingerprint density at radius 3 is 2.82 bits per heavy atom. The van der Waals surface area contributed by atoms with E-state index in [1.165, 1.54) is 18.9 Å². The van der Waals surface area contributed by atoms with Crippen LogP contribution in [-0.4, -0.2) is 20.2 Å². The predicted molar refractivity (Wildman–Crippen MR) is 68.5 cm³/mol. The Morgan fingerprint density at radius 2 is 2.18 bits per heavy atom. The molecule has 0 saturated heterocycles. The maximum Gasteiger partial charge on any atom is 0.123 e. The molecule has 1 rings (SSSR count). The van der Waals surface area contributed by atoms with Gasteiger partial charge in [0, 0.05) is 13.2 Å². The molecule has 96 valence electrons. The molecule has 0 aliphatic heterocycles. The van der Waals surface area contributed by atoms with Crippen molar-refractivity contribution in [1.29, 1.82) is 0 Å². The van der Waals surface area contributed by atoms with E-state index in [-0.39, 0.29) is 11.9 Å². The van der Waals surface area contributed by atoms with Crippen molar-refractivity contribution < 1.29 is 9.13 Å². The van der Waals surface area contributed by atoms with E-state index in [0.29, 0.717) is 6.54 Å². The van der Waals surface area contributed by atoms with Crippen molar-refractivity contribution in [2.45, 2.75) is 32.3 Å².